The lowest BCUT2D eigenvalue weighted by Crippen LogP contribution is -2.42. The predicted octanol–water partition coefficient (Wildman–Crippen LogP) is 5.07. The molecule has 0 spiro atoms. The van der Waals surface area contributed by atoms with Gasteiger partial charge in [-0.15, -0.1) is 0 Å². The van der Waals surface area contributed by atoms with Crippen LogP contribution in [-0.4, -0.2) is 35.0 Å². The van der Waals surface area contributed by atoms with Crippen LogP contribution in [0, 0.1) is 11.6 Å². The fourth-order valence-corrected chi connectivity index (χ4v) is 4.32. The van der Waals surface area contributed by atoms with Gasteiger partial charge in [0.05, 0.1) is 18.7 Å². The second kappa shape index (κ2) is 8.78. The summed E-state index contributed by atoms with van der Waals surface area (Å²) >= 11 is 0. The molecule has 0 aromatic heterocycles. The molecule has 1 aliphatic heterocycles. The minimum absolute atomic E-state index is 0.0433. The number of hydrogen-bond donors (Lipinski definition) is 1. The van der Waals surface area contributed by atoms with Crippen molar-refractivity contribution in [1.29, 1.82) is 0 Å². The molecule has 0 aliphatic carbocycles. The maximum atomic E-state index is 14.6. The van der Waals surface area contributed by atoms with E-state index < -0.39 is 35.6 Å². The quantitative estimate of drug-likeness (QED) is 0.605. The number of rotatable bonds is 5. The monoisotopic (exact) mass is 437 g/mol. The third-order valence-corrected chi connectivity index (χ3v) is 5.77. The Bertz CT molecular complexity index is 1170. The first-order valence-corrected chi connectivity index (χ1v) is 10.1. The topological polar surface area (TPSA) is 66.8 Å². The summed E-state index contributed by atoms with van der Waals surface area (Å²) in [5.41, 5.74) is 1.44. The predicted molar refractivity (Wildman–Crippen MR) is 114 cm³/mol. The highest BCUT2D eigenvalue weighted by Crippen LogP contribution is 2.41. The molecule has 1 amide bonds. The van der Waals surface area contributed by atoms with Gasteiger partial charge in [-0.25, -0.2) is 13.6 Å². The summed E-state index contributed by atoms with van der Waals surface area (Å²) in [5.74, 6) is -2.89. The van der Waals surface area contributed by atoms with E-state index >= 15 is 0 Å². The molecule has 3 aromatic carbocycles. The van der Waals surface area contributed by atoms with E-state index in [1.54, 1.807) is 18.2 Å². The van der Waals surface area contributed by atoms with Crippen LogP contribution in [0.4, 0.5) is 8.78 Å². The van der Waals surface area contributed by atoms with E-state index in [4.69, 9.17) is 4.74 Å². The molecule has 164 valence electrons. The number of likely N-dealkylation sites (tertiary alicyclic amines) is 1. The number of carbonyl (C=O) groups is 2. The van der Waals surface area contributed by atoms with E-state index in [1.165, 1.54) is 7.11 Å². The fraction of sp³-hybridized carbons (Fsp3) is 0.200. The molecule has 0 bridgehead atoms. The van der Waals surface area contributed by atoms with Crippen LogP contribution in [0.2, 0.25) is 0 Å². The SMILES string of the molecule is COc1cccc(-c2ccccc2)c1C(=O)N1C(C(=O)O)CCC1c1cc(F)ccc1F. The average Bonchev–Trinajstić information content (AvgIpc) is 3.25. The number of methoxy groups -OCH3 is 1. The molecule has 1 fully saturated rings. The Morgan fingerprint density at radius 2 is 1.75 bits per heavy atom. The van der Waals surface area contributed by atoms with E-state index in [-0.39, 0.29) is 29.7 Å². The number of benzene rings is 3. The van der Waals surface area contributed by atoms with Gasteiger partial charge in [0.15, 0.2) is 0 Å². The van der Waals surface area contributed by atoms with Crippen LogP contribution < -0.4 is 4.74 Å². The lowest BCUT2D eigenvalue weighted by molar-refractivity contribution is -0.141. The van der Waals surface area contributed by atoms with Crippen LogP contribution in [0.1, 0.15) is 34.8 Å². The second-order valence-corrected chi connectivity index (χ2v) is 7.57. The zero-order valence-corrected chi connectivity index (χ0v) is 17.3. The number of hydrogen-bond acceptors (Lipinski definition) is 3. The lowest BCUT2D eigenvalue weighted by atomic mass is 9.96. The fourth-order valence-electron chi connectivity index (χ4n) is 4.32. The maximum absolute atomic E-state index is 14.6. The first-order valence-electron chi connectivity index (χ1n) is 10.1. The number of nitrogens with zero attached hydrogens (tertiary/aromatic N) is 1. The summed E-state index contributed by atoms with van der Waals surface area (Å²) < 4.78 is 33.9. The molecule has 4 rings (SSSR count). The zero-order chi connectivity index (χ0) is 22.8. The van der Waals surface area contributed by atoms with Crippen molar-refractivity contribution in [2.75, 3.05) is 7.11 Å². The van der Waals surface area contributed by atoms with Crippen LogP contribution in [-0.2, 0) is 4.79 Å². The number of carbonyl (C=O) groups excluding carboxylic acids is 1. The van der Waals surface area contributed by atoms with Gasteiger partial charge in [-0.05, 0) is 48.2 Å². The van der Waals surface area contributed by atoms with Gasteiger partial charge < -0.3 is 14.7 Å². The smallest absolute Gasteiger partial charge is 0.326 e. The van der Waals surface area contributed by atoms with Crippen LogP contribution in [0.15, 0.2) is 66.7 Å². The molecule has 3 aromatic rings. The molecule has 2 unspecified atom stereocenters. The lowest BCUT2D eigenvalue weighted by Gasteiger charge is -2.30. The van der Waals surface area contributed by atoms with E-state index in [0.717, 1.165) is 28.7 Å². The summed E-state index contributed by atoms with van der Waals surface area (Å²) in [6.45, 7) is 0. The number of carboxylic acid groups (broad SMARTS) is 1. The molecule has 1 saturated heterocycles. The van der Waals surface area contributed by atoms with Crippen LogP contribution in [0.25, 0.3) is 11.1 Å². The van der Waals surface area contributed by atoms with Crippen LogP contribution in [0.3, 0.4) is 0 Å². The number of halogens is 2. The Morgan fingerprint density at radius 1 is 1.00 bits per heavy atom. The molecule has 7 heteroatoms. The Labute approximate surface area is 183 Å². The standard InChI is InChI=1S/C25H21F2NO4/c1-32-22-9-5-8-17(15-6-3-2-4-7-15)23(22)24(29)28-20(12-13-21(28)25(30)31)18-14-16(26)10-11-19(18)27/h2-11,14,20-21H,12-13H2,1H3,(H,30,31). The molecule has 1 aliphatic rings. The highest BCUT2D eigenvalue weighted by Gasteiger charge is 2.44. The molecule has 0 saturated carbocycles. The first kappa shape index (κ1) is 21.5. The molecule has 5 nitrogen and oxygen atoms in total. The summed E-state index contributed by atoms with van der Waals surface area (Å²) in [4.78, 5) is 27.0. The van der Waals surface area contributed by atoms with Gasteiger partial charge >= 0.3 is 5.97 Å². The van der Waals surface area contributed by atoms with Gasteiger partial charge in [-0.2, -0.15) is 0 Å². The molecule has 1 heterocycles. The molecule has 2 atom stereocenters. The van der Waals surface area contributed by atoms with Crippen molar-refractivity contribution in [3.8, 4) is 16.9 Å². The van der Waals surface area contributed by atoms with E-state index in [9.17, 15) is 23.5 Å². The number of ether oxygens (including phenoxy) is 1. The van der Waals surface area contributed by atoms with Crippen molar-refractivity contribution in [3.63, 3.8) is 0 Å². The minimum atomic E-state index is -1.20. The van der Waals surface area contributed by atoms with Gasteiger partial charge in [0.1, 0.15) is 23.4 Å². The average molecular weight is 437 g/mol. The van der Waals surface area contributed by atoms with Crippen LogP contribution in [0.5, 0.6) is 5.75 Å². The highest BCUT2D eigenvalue weighted by molar-refractivity contribution is 6.05. The van der Waals surface area contributed by atoms with Gasteiger partial charge in [-0.1, -0.05) is 42.5 Å². The zero-order valence-electron chi connectivity index (χ0n) is 17.3. The van der Waals surface area contributed by atoms with Gasteiger partial charge in [0.25, 0.3) is 5.91 Å². The van der Waals surface area contributed by atoms with Crippen molar-refractivity contribution in [1.82, 2.24) is 4.90 Å². The first-order chi connectivity index (χ1) is 15.4. The molecular weight excluding hydrogens is 416 g/mol. The molecule has 1 N–H and O–H groups in total. The minimum Gasteiger partial charge on any atom is -0.496 e. The summed E-state index contributed by atoms with van der Waals surface area (Å²) in [6.07, 6.45) is 0.316. The molecule has 0 radical (unpaired) electrons. The maximum Gasteiger partial charge on any atom is 0.326 e. The largest absolute Gasteiger partial charge is 0.496 e. The Kier molecular flexibility index (Phi) is 5.90. The summed E-state index contributed by atoms with van der Waals surface area (Å²) in [6, 6.07) is 15.1. The molecular formula is C25H21F2NO4. The third kappa shape index (κ3) is 3.82. The second-order valence-electron chi connectivity index (χ2n) is 7.57. The number of amides is 1. The van der Waals surface area contributed by atoms with Gasteiger partial charge in [-0.3, -0.25) is 4.79 Å². The number of aliphatic carboxylic acids is 1. The van der Waals surface area contributed by atoms with Gasteiger partial charge in [0, 0.05) is 5.56 Å². The van der Waals surface area contributed by atoms with E-state index in [0.29, 0.717) is 5.56 Å². The summed E-state index contributed by atoms with van der Waals surface area (Å²) in [7, 11) is 1.42. The summed E-state index contributed by atoms with van der Waals surface area (Å²) in [5, 5.41) is 9.79. The van der Waals surface area contributed by atoms with Crippen molar-refractivity contribution < 1.29 is 28.2 Å². The highest BCUT2D eigenvalue weighted by atomic mass is 19.1. The third-order valence-electron chi connectivity index (χ3n) is 5.77. The van der Waals surface area contributed by atoms with E-state index in [2.05, 4.69) is 0 Å². The Hall–Kier alpha value is -3.74. The van der Waals surface area contributed by atoms with Crippen molar-refractivity contribution in [2.45, 2.75) is 24.9 Å². The Morgan fingerprint density at radius 3 is 2.44 bits per heavy atom. The van der Waals surface area contributed by atoms with Crippen molar-refractivity contribution in [3.05, 3.63) is 89.5 Å². The number of carboxylic acids is 1. The van der Waals surface area contributed by atoms with Gasteiger partial charge in [0.2, 0.25) is 0 Å². The normalized spacial score (nSPS) is 17.9. The Balaban J connectivity index is 1.87. The van der Waals surface area contributed by atoms with Crippen molar-refractivity contribution in [2.24, 2.45) is 0 Å². The van der Waals surface area contributed by atoms with E-state index in [1.807, 2.05) is 30.3 Å². The molecule has 32 heavy (non-hydrogen) atoms. The van der Waals surface area contributed by atoms with Crippen molar-refractivity contribution >= 4 is 11.9 Å². The van der Waals surface area contributed by atoms with Crippen LogP contribution >= 0.6 is 0 Å².